The lowest BCUT2D eigenvalue weighted by Gasteiger charge is -2.34. The van der Waals surface area contributed by atoms with Crippen molar-refractivity contribution >= 4 is 34.4 Å². The van der Waals surface area contributed by atoms with Gasteiger partial charge in [-0.25, -0.2) is 9.97 Å². The van der Waals surface area contributed by atoms with Crippen LogP contribution in [0.5, 0.6) is 0 Å². The summed E-state index contributed by atoms with van der Waals surface area (Å²) in [6, 6.07) is 0. The molecule has 0 saturated carbocycles. The Morgan fingerprint density at radius 2 is 1.81 bits per heavy atom. The van der Waals surface area contributed by atoms with Crippen molar-refractivity contribution in [2.45, 2.75) is 79.1 Å². The molecule has 2 N–H and O–H groups in total. The molecule has 0 fully saturated rings. The summed E-state index contributed by atoms with van der Waals surface area (Å²) in [5, 5.41) is 27.1. The predicted octanol–water partition coefficient (Wildman–Crippen LogP) is 5.44. The minimum absolute atomic E-state index is 0.238. The number of hydrogen-bond acceptors (Lipinski definition) is 9. The normalized spacial score (nSPS) is 30.9. The number of aromatic nitrogens is 2. The monoisotopic (exact) mass is 532 g/mol. The van der Waals surface area contributed by atoms with Gasteiger partial charge in [0.05, 0.1) is 34.7 Å². The van der Waals surface area contributed by atoms with Gasteiger partial charge >= 0.3 is 5.97 Å². The van der Waals surface area contributed by atoms with Crippen molar-refractivity contribution in [1.82, 2.24) is 9.97 Å². The summed E-state index contributed by atoms with van der Waals surface area (Å²) in [7, 11) is 0. The zero-order chi connectivity index (χ0) is 26.6. The van der Waals surface area contributed by atoms with Gasteiger partial charge < -0.3 is 14.9 Å². The van der Waals surface area contributed by atoms with Gasteiger partial charge in [0.1, 0.15) is 22.6 Å². The fourth-order valence-electron chi connectivity index (χ4n) is 4.20. The Morgan fingerprint density at radius 3 is 2.47 bits per heavy atom. The highest BCUT2D eigenvalue weighted by molar-refractivity contribution is 7.14. The maximum Gasteiger partial charge on any atom is 0.309 e. The summed E-state index contributed by atoms with van der Waals surface area (Å²) in [4.78, 5) is 35.3. The molecular formula is C27H36N2O5S2. The number of rotatable bonds is 2. The van der Waals surface area contributed by atoms with Crippen LogP contribution < -0.4 is 0 Å². The van der Waals surface area contributed by atoms with Gasteiger partial charge in [-0.2, -0.15) is 0 Å². The Balaban J connectivity index is 1.91. The van der Waals surface area contributed by atoms with Gasteiger partial charge in [0.2, 0.25) is 0 Å². The van der Waals surface area contributed by atoms with Crippen LogP contribution in [0.15, 0.2) is 34.6 Å². The molecule has 7 nitrogen and oxygen atoms in total. The second kappa shape index (κ2) is 11.9. The van der Waals surface area contributed by atoms with Gasteiger partial charge in [-0.3, -0.25) is 9.59 Å². The molecule has 0 bridgehead atoms. The number of ether oxygens (including phenoxy) is 1. The molecule has 9 heteroatoms. The van der Waals surface area contributed by atoms with E-state index in [1.54, 1.807) is 32.1 Å². The van der Waals surface area contributed by atoms with E-state index >= 15 is 0 Å². The standard InChI is InChI=1S/C27H36N2O5S2/c1-15-8-7-9-16(2)24(32)17(3)25(33)27(5,6)22(30)12-23(31)34-21(11-10-15)19-13-36-26(29-19)20-14-35-18(4)28-20/h7,9-10,13-14,16-17,21-22,24,30,32H,8,11-12H2,1-6H3/b9-7-,15-10-/t16-,17+,21-,22-,24-/m0/s1. The van der Waals surface area contributed by atoms with E-state index < -0.39 is 35.6 Å². The van der Waals surface area contributed by atoms with Crippen molar-refractivity contribution in [3.8, 4) is 10.7 Å². The zero-order valence-corrected chi connectivity index (χ0v) is 23.4. The molecule has 3 heterocycles. The number of carbonyl (C=O) groups excluding carboxylic acids is 2. The van der Waals surface area contributed by atoms with E-state index in [0.717, 1.165) is 21.3 Å². The summed E-state index contributed by atoms with van der Waals surface area (Å²) in [6.45, 7) is 10.7. The van der Waals surface area contributed by atoms with Crippen molar-refractivity contribution in [3.05, 3.63) is 45.3 Å². The Bertz CT molecular complexity index is 1130. The molecule has 0 spiro atoms. The highest BCUT2D eigenvalue weighted by atomic mass is 32.1. The number of cyclic esters (lactones) is 1. The Morgan fingerprint density at radius 1 is 1.08 bits per heavy atom. The molecule has 0 amide bonds. The SMILES string of the molecule is C/C1=C/C[C@@H](c2csc(-c3csc(C)n3)n2)OC(=O)C[C@H](O)C(C)(C)C(=O)[C@H](C)[C@@H](O)[C@@H](C)/C=C\C1. The molecular weight excluding hydrogens is 496 g/mol. The molecule has 2 aromatic rings. The maximum atomic E-state index is 13.2. The van der Waals surface area contributed by atoms with Crippen molar-refractivity contribution in [3.63, 3.8) is 0 Å². The van der Waals surface area contributed by atoms with E-state index in [9.17, 15) is 19.8 Å². The minimum Gasteiger partial charge on any atom is -0.455 e. The minimum atomic E-state index is -1.26. The average molecular weight is 533 g/mol. The molecule has 0 aromatic carbocycles. The number of allylic oxidation sites excluding steroid dienone is 2. The van der Waals surface area contributed by atoms with E-state index in [1.807, 2.05) is 49.8 Å². The van der Waals surface area contributed by atoms with Crippen molar-refractivity contribution in [1.29, 1.82) is 0 Å². The molecule has 0 saturated heterocycles. The number of aryl methyl sites for hydroxylation is 1. The molecule has 5 atom stereocenters. The largest absolute Gasteiger partial charge is 0.455 e. The van der Waals surface area contributed by atoms with Gasteiger partial charge in [-0.1, -0.05) is 51.5 Å². The molecule has 36 heavy (non-hydrogen) atoms. The van der Waals surface area contributed by atoms with Gasteiger partial charge in [-0.05, 0) is 20.3 Å². The highest BCUT2D eigenvalue weighted by Gasteiger charge is 2.42. The second-order valence-electron chi connectivity index (χ2n) is 10.2. The summed E-state index contributed by atoms with van der Waals surface area (Å²) < 4.78 is 5.81. The van der Waals surface area contributed by atoms with Gasteiger partial charge in [0.15, 0.2) is 0 Å². The first-order valence-electron chi connectivity index (χ1n) is 12.2. The molecule has 2 aromatic heterocycles. The number of thiazole rings is 2. The predicted molar refractivity (Wildman–Crippen MR) is 143 cm³/mol. The number of nitrogens with zero attached hydrogens (tertiary/aromatic N) is 2. The van der Waals surface area contributed by atoms with Crippen molar-refractivity contribution < 1.29 is 24.5 Å². The fourth-order valence-corrected chi connectivity index (χ4v) is 5.69. The van der Waals surface area contributed by atoms with E-state index in [2.05, 4.69) is 4.98 Å². The number of aliphatic hydroxyl groups is 2. The molecule has 0 unspecified atom stereocenters. The van der Waals surface area contributed by atoms with Crippen LogP contribution in [0, 0.1) is 24.2 Å². The van der Waals surface area contributed by atoms with Crippen LogP contribution in [-0.4, -0.2) is 44.1 Å². The molecule has 1 aliphatic heterocycles. The first kappa shape index (κ1) is 28.4. The fraction of sp³-hybridized carbons (Fsp3) is 0.556. The van der Waals surface area contributed by atoms with Crippen LogP contribution in [0.1, 0.15) is 70.7 Å². The van der Waals surface area contributed by atoms with Crippen molar-refractivity contribution in [2.75, 3.05) is 0 Å². The summed E-state index contributed by atoms with van der Waals surface area (Å²) >= 11 is 3.00. The van der Waals surface area contributed by atoms with Crippen LogP contribution in [0.25, 0.3) is 10.7 Å². The first-order chi connectivity index (χ1) is 16.9. The van der Waals surface area contributed by atoms with Gasteiger partial charge in [-0.15, -0.1) is 22.7 Å². The lowest BCUT2D eigenvalue weighted by atomic mass is 9.73. The Labute approximate surface area is 221 Å². The summed E-state index contributed by atoms with van der Waals surface area (Å²) in [5.41, 5.74) is 1.27. The third kappa shape index (κ3) is 6.76. The number of ketones is 1. The van der Waals surface area contributed by atoms with Crippen LogP contribution in [-0.2, 0) is 14.3 Å². The van der Waals surface area contributed by atoms with Crippen LogP contribution >= 0.6 is 22.7 Å². The molecule has 0 aliphatic carbocycles. The average Bonchev–Trinajstić information content (AvgIpc) is 3.48. The van der Waals surface area contributed by atoms with Crippen LogP contribution in [0.2, 0.25) is 0 Å². The number of esters is 1. The topological polar surface area (TPSA) is 110 Å². The third-order valence-corrected chi connectivity index (χ3v) is 8.47. The number of Topliss-reactive ketones (excluding diaryl/α,β-unsaturated/α-hetero) is 1. The Kier molecular flexibility index (Phi) is 9.38. The smallest absolute Gasteiger partial charge is 0.309 e. The maximum absolute atomic E-state index is 13.2. The molecule has 3 rings (SSSR count). The summed E-state index contributed by atoms with van der Waals surface area (Å²) in [5.74, 6) is -1.84. The van der Waals surface area contributed by atoms with Crippen molar-refractivity contribution in [2.24, 2.45) is 17.3 Å². The van der Waals surface area contributed by atoms with Gasteiger partial charge in [0, 0.05) is 29.0 Å². The van der Waals surface area contributed by atoms with E-state index in [4.69, 9.17) is 9.72 Å². The molecule has 1 aliphatic rings. The first-order valence-corrected chi connectivity index (χ1v) is 14.0. The molecule has 0 radical (unpaired) electrons. The lowest BCUT2D eigenvalue weighted by Crippen LogP contribution is -2.45. The van der Waals surface area contributed by atoms with Crippen LogP contribution in [0.4, 0.5) is 0 Å². The van der Waals surface area contributed by atoms with E-state index in [1.165, 1.54) is 11.3 Å². The number of carbonyl (C=O) groups is 2. The van der Waals surface area contributed by atoms with Crippen LogP contribution in [0.3, 0.4) is 0 Å². The summed E-state index contributed by atoms with van der Waals surface area (Å²) in [6.07, 6.45) is 3.91. The number of hydrogen-bond donors (Lipinski definition) is 2. The third-order valence-electron chi connectivity index (χ3n) is 6.82. The quantitative estimate of drug-likeness (QED) is 0.392. The van der Waals surface area contributed by atoms with E-state index in [-0.39, 0.29) is 18.1 Å². The highest BCUT2D eigenvalue weighted by Crippen LogP contribution is 2.34. The zero-order valence-electron chi connectivity index (χ0n) is 21.7. The Hall–Kier alpha value is -2.20. The number of aliphatic hydroxyl groups excluding tert-OH is 2. The second-order valence-corrected chi connectivity index (χ2v) is 12.1. The molecule has 196 valence electrons. The van der Waals surface area contributed by atoms with Gasteiger partial charge in [0.25, 0.3) is 0 Å². The van der Waals surface area contributed by atoms with E-state index in [0.29, 0.717) is 18.5 Å². The lowest BCUT2D eigenvalue weighted by molar-refractivity contribution is -0.156.